The normalized spacial score (nSPS) is 25.8. The van der Waals surface area contributed by atoms with Crippen LogP contribution in [0.3, 0.4) is 0 Å². The zero-order chi connectivity index (χ0) is 15.7. The van der Waals surface area contributed by atoms with Crippen LogP contribution in [-0.2, 0) is 14.3 Å². The van der Waals surface area contributed by atoms with E-state index >= 15 is 0 Å². The number of rotatable bonds is 11. The van der Waals surface area contributed by atoms with Crippen LogP contribution in [0.25, 0.3) is 0 Å². The highest BCUT2D eigenvalue weighted by atomic mass is 16.5. The van der Waals surface area contributed by atoms with Crippen molar-refractivity contribution in [2.24, 2.45) is 17.4 Å². The Morgan fingerprint density at radius 1 is 1.00 bits per heavy atom. The average molecular weight is 300 g/mol. The van der Waals surface area contributed by atoms with Crippen molar-refractivity contribution >= 4 is 11.6 Å². The van der Waals surface area contributed by atoms with Crippen LogP contribution in [0.2, 0.25) is 0 Å². The first-order valence-corrected chi connectivity index (χ1v) is 7.60. The van der Waals surface area contributed by atoms with Crippen molar-refractivity contribution in [1.29, 1.82) is 0 Å². The van der Waals surface area contributed by atoms with Gasteiger partial charge in [-0.3, -0.25) is 9.59 Å². The minimum Gasteiger partial charge on any atom is -0.385 e. The molecule has 2 atom stereocenters. The van der Waals surface area contributed by atoms with Crippen LogP contribution < -0.4 is 22.1 Å². The summed E-state index contributed by atoms with van der Waals surface area (Å²) in [6.45, 7) is 2.54. The summed E-state index contributed by atoms with van der Waals surface area (Å²) < 4.78 is 4.99. The number of hydrogen-bond acceptors (Lipinski definition) is 7. The number of methoxy groups -OCH3 is 1. The number of nitrogens with one attached hydrogen (secondary N) is 2. The Bertz CT molecular complexity index is 312. The van der Waals surface area contributed by atoms with Crippen LogP contribution in [0.15, 0.2) is 0 Å². The van der Waals surface area contributed by atoms with Crippen LogP contribution in [0.1, 0.15) is 19.3 Å². The number of nitrogens with two attached hydrogens (primary N) is 2. The average Bonchev–Trinajstić information content (AvgIpc) is 2.70. The first kappa shape index (κ1) is 18.2. The molecule has 0 aliphatic heterocycles. The SMILES string of the molecule is COCCCCC1C(=O)C(NCCN)C(NCCN)C1=O. The van der Waals surface area contributed by atoms with E-state index in [0.29, 0.717) is 39.2 Å². The fraction of sp³-hybridized carbons (Fsp3) is 0.857. The molecule has 0 radical (unpaired) electrons. The van der Waals surface area contributed by atoms with Crippen molar-refractivity contribution in [2.45, 2.75) is 31.3 Å². The van der Waals surface area contributed by atoms with Crippen molar-refractivity contribution in [2.75, 3.05) is 39.9 Å². The predicted octanol–water partition coefficient (Wildman–Crippen LogP) is -1.60. The lowest BCUT2D eigenvalue weighted by molar-refractivity contribution is -0.128. The minimum atomic E-state index is -0.521. The Kier molecular flexibility index (Phi) is 8.63. The van der Waals surface area contributed by atoms with Gasteiger partial charge in [-0.15, -0.1) is 0 Å². The van der Waals surface area contributed by atoms with Crippen molar-refractivity contribution in [3.8, 4) is 0 Å². The summed E-state index contributed by atoms with van der Waals surface area (Å²) in [7, 11) is 1.64. The fourth-order valence-corrected chi connectivity index (χ4v) is 2.70. The van der Waals surface area contributed by atoms with Crippen molar-refractivity contribution in [3.05, 3.63) is 0 Å². The fourth-order valence-electron chi connectivity index (χ4n) is 2.70. The summed E-state index contributed by atoms with van der Waals surface area (Å²) in [6.07, 6.45) is 2.25. The Balaban J connectivity index is 2.63. The van der Waals surface area contributed by atoms with Crippen molar-refractivity contribution in [3.63, 3.8) is 0 Å². The van der Waals surface area contributed by atoms with Crippen LogP contribution in [-0.4, -0.2) is 63.5 Å². The second kappa shape index (κ2) is 9.97. The lowest BCUT2D eigenvalue weighted by Crippen LogP contribution is -2.52. The molecule has 0 aromatic carbocycles. The first-order valence-electron chi connectivity index (χ1n) is 7.60. The Hall–Kier alpha value is -0.860. The third-order valence-electron chi connectivity index (χ3n) is 3.74. The smallest absolute Gasteiger partial charge is 0.162 e. The quantitative estimate of drug-likeness (QED) is 0.268. The molecule has 0 heterocycles. The van der Waals surface area contributed by atoms with E-state index in [1.807, 2.05) is 0 Å². The summed E-state index contributed by atoms with van der Waals surface area (Å²) in [5.74, 6) is -0.576. The van der Waals surface area contributed by atoms with Gasteiger partial charge >= 0.3 is 0 Å². The first-order chi connectivity index (χ1) is 10.2. The number of ether oxygens (including phenoxy) is 1. The van der Waals surface area contributed by atoms with Gasteiger partial charge in [-0.1, -0.05) is 0 Å². The number of unbranched alkanes of at least 4 members (excludes halogenated alkanes) is 1. The molecule has 0 spiro atoms. The van der Waals surface area contributed by atoms with Gasteiger partial charge in [0.25, 0.3) is 0 Å². The molecule has 0 aromatic rings. The molecule has 21 heavy (non-hydrogen) atoms. The Labute approximate surface area is 126 Å². The topological polar surface area (TPSA) is 119 Å². The van der Waals surface area contributed by atoms with Gasteiger partial charge in [-0.25, -0.2) is 0 Å². The molecule has 0 bridgehead atoms. The van der Waals surface area contributed by atoms with Gasteiger partial charge in [0.05, 0.1) is 18.0 Å². The molecular weight excluding hydrogens is 272 g/mol. The van der Waals surface area contributed by atoms with Crippen molar-refractivity contribution in [1.82, 2.24) is 10.6 Å². The maximum absolute atomic E-state index is 12.4. The summed E-state index contributed by atoms with van der Waals surface area (Å²) in [5.41, 5.74) is 10.9. The molecule has 0 aromatic heterocycles. The molecule has 1 saturated carbocycles. The molecule has 1 fully saturated rings. The highest BCUT2D eigenvalue weighted by Crippen LogP contribution is 2.24. The predicted molar refractivity (Wildman–Crippen MR) is 80.9 cm³/mol. The highest BCUT2D eigenvalue weighted by Gasteiger charge is 2.48. The van der Waals surface area contributed by atoms with E-state index in [1.54, 1.807) is 7.11 Å². The summed E-state index contributed by atoms with van der Waals surface area (Å²) in [5, 5.41) is 6.16. The summed E-state index contributed by atoms with van der Waals surface area (Å²) >= 11 is 0. The van der Waals surface area contributed by atoms with Crippen LogP contribution in [0, 0.1) is 5.92 Å². The summed E-state index contributed by atoms with van der Waals surface area (Å²) in [4.78, 5) is 24.9. The minimum absolute atomic E-state index is 0.0274. The zero-order valence-corrected chi connectivity index (χ0v) is 12.8. The molecule has 0 amide bonds. The maximum atomic E-state index is 12.4. The zero-order valence-electron chi connectivity index (χ0n) is 12.8. The van der Waals surface area contributed by atoms with Gasteiger partial charge in [0, 0.05) is 39.9 Å². The van der Waals surface area contributed by atoms with Crippen LogP contribution in [0.4, 0.5) is 0 Å². The van der Waals surface area contributed by atoms with Gasteiger partial charge in [0.2, 0.25) is 0 Å². The van der Waals surface area contributed by atoms with E-state index in [4.69, 9.17) is 16.2 Å². The van der Waals surface area contributed by atoms with Gasteiger partial charge in [0.1, 0.15) is 0 Å². The number of Topliss-reactive ketones (excluding diaryl/α,β-unsaturated/α-hetero) is 2. The summed E-state index contributed by atoms with van der Waals surface area (Å²) in [6, 6.07) is -0.972. The van der Waals surface area contributed by atoms with E-state index < -0.39 is 18.0 Å². The number of ketones is 2. The van der Waals surface area contributed by atoms with Gasteiger partial charge in [-0.2, -0.15) is 0 Å². The lowest BCUT2D eigenvalue weighted by atomic mass is 9.98. The second-order valence-corrected chi connectivity index (χ2v) is 5.29. The number of hydrogen-bond donors (Lipinski definition) is 4. The third-order valence-corrected chi connectivity index (χ3v) is 3.74. The Morgan fingerprint density at radius 2 is 1.52 bits per heavy atom. The largest absolute Gasteiger partial charge is 0.385 e. The molecule has 0 saturated heterocycles. The molecule has 6 N–H and O–H groups in total. The van der Waals surface area contributed by atoms with Gasteiger partial charge in [0.15, 0.2) is 11.6 Å². The third kappa shape index (κ3) is 5.12. The van der Waals surface area contributed by atoms with E-state index in [1.165, 1.54) is 0 Å². The van der Waals surface area contributed by atoms with E-state index in [2.05, 4.69) is 10.6 Å². The maximum Gasteiger partial charge on any atom is 0.162 e. The molecular formula is C14H28N4O3. The van der Waals surface area contributed by atoms with Crippen LogP contribution >= 0.6 is 0 Å². The molecule has 1 aliphatic rings. The molecule has 7 nitrogen and oxygen atoms in total. The Morgan fingerprint density at radius 3 is 1.95 bits per heavy atom. The van der Waals surface area contributed by atoms with E-state index in [0.717, 1.165) is 12.8 Å². The lowest BCUT2D eigenvalue weighted by Gasteiger charge is -2.19. The molecule has 2 unspecified atom stereocenters. The van der Waals surface area contributed by atoms with Crippen molar-refractivity contribution < 1.29 is 14.3 Å². The van der Waals surface area contributed by atoms with Gasteiger partial charge in [-0.05, 0) is 19.3 Å². The standard InChI is InChI=1S/C14H28N4O3/c1-21-9-3-2-4-10-13(19)11(17-7-5-15)12(14(10)20)18-8-6-16/h10-12,17-18H,2-9,15-16H2,1H3. The number of carbonyl (C=O) groups excluding carboxylic acids is 2. The van der Waals surface area contributed by atoms with Gasteiger partial charge < -0.3 is 26.8 Å². The monoisotopic (exact) mass is 300 g/mol. The number of carbonyl (C=O) groups is 2. The van der Waals surface area contributed by atoms with E-state index in [-0.39, 0.29) is 11.6 Å². The molecule has 7 heteroatoms. The molecule has 1 aliphatic carbocycles. The highest BCUT2D eigenvalue weighted by molar-refractivity contribution is 6.15. The van der Waals surface area contributed by atoms with E-state index in [9.17, 15) is 9.59 Å². The molecule has 122 valence electrons. The van der Waals surface area contributed by atoms with Crippen LogP contribution in [0.5, 0.6) is 0 Å². The molecule has 1 rings (SSSR count). The second-order valence-electron chi connectivity index (χ2n) is 5.29.